The summed E-state index contributed by atoms with van der Waals surface area (Å²) in [6.45, 7) is -0.155. The van der Waals surface area contributed by atoms with Crippen molar-refractivity contribution in [3.8, 4) is 5.75 Å². The molecule has 1 aliphatic carbocycles. The van der Waals surface area contributed by atoms with Gasteiger partial charge in [-0.1, -0.05) is 12.1 Å². The number of ether oxygens (including phenoxy) is 1. The largest absolute Gasteiger partial charge is 0.484 e. The number of hydrogen-bond donors (Lipinski definition) is 2. The highest BCUT2D eigenvalue weighted by atomic mass is 16.6. The molecule has 1 aromatic rings. The van der Waals surface area contributed by atoms with Gasteiger partial charge < -0.3 is 16.2 Å². The Morgan fingerprint density at radius 1 is 1.47 bits per heavy atom. The van der Waals surface area contributed by atoms with Gasteiger partial charge in [-0.15, -0.1) is 0 Å². The van der Waals surface area contributed by atoms with Crippen LogP contribution in [0.3, 0.4) is 0 Å². The van der Waals surface area contributed by atoms with Crippen LogP contribution < -0.4 is 16.2 Å². The Balaban J connectivity index is 2.14. The Hall–Kier alpha value is -2.15. The van der Waals surface area contributed by atoms with Gasteiger partial charge in [0.2, 0.25) is 5.91 Å². The number of amides is 1. The number of nitrogens with zero attached hydrogens (tertiary/aromatic N) is 1. The Labute approximate surface area is 109 Å². The molecule has 1 unspecified atom stereocenters. The van der Waals surface area contributed by atoms with Crippen LogP contribution in [-0.4, -0.2) is 23.0 Å². The number of rotatable bonds is 6. The van der Waals surface area contributed by atoms with Gasteiger partial charge in [0.05, 0.1) is 4.92 Å². The number of carbonyl (C=O) groups is 1. The lowest BCUT2D eigenvalue weighted by molar-refractivity contribution is -0.385. The molecule has 1 aliphatic rings. The first-order valence-electron chi connectivity index (χ1n) is 5.90. The molecule has 1 saturated carbocycles. The van der Waals surface area contributed by atoms with E-state index in [1.165, 1.54) is 18.2 Å². The van der Waals surface area contributed by atoms with Crippen LogP contribution in [0.25, 0.3) is 0 Å². The SMILES string of the molecule is NC(=O)C(N)(COc1ccccc1[N+](=O)[O-])C1CC1. The molecule has 4 N–H and O–H groups in total. The predicted molar refractivity (Wildman–Crippen MR) is 67.4 cm³/mol. The zero-order chi connectivity index (χ0) is 14.0. The summed E-state index contributed by atoms with van der Waals surface area (Å²) in [5, 5.41) is 10.8. The number of nitrogens with two attached hydrogens (primary N) is 2. The van der Waals surface area contributed by atoms with Crippen molar-refractivity contribution in [2.75, 3.05) is 6.61 Å². The Morgan fingerprint density at radius 2 is 2.11 bits per heavy atom. The van der Waals surface area contributed by atoms with Gasteiger partial charge in [0, 0.05) is 6.07 Å². The molecule has 2 rings (SSSR count). The second kappa shape index (κ2) is 4.85. The summed E-state index contributed by atoms with van der Waals surface area (Å²) in [5.74, 6) is -0.564. The molecule has 7 heteroatoms. The van der Waals surface area contributed by atoms with Crippen molar-refractivity contribution in [2.24, 2.45) is 17.4 Å². The molecule has 0 spiro atoms. The monoisotopic (exact) mass is 265 g/mol. The highest BCUT2D eigenvalue weighted by molar-refractivity contribution is 5.85. The van der Waals surface area contributed by atoms with Gasteiger partial charge in [0.15, 0.2) is 5.75 Å². The first-order chi connectivity index (χ1) is 8.95. The van der Waals surface area contributed by atoms with Crippen LogP contribution in [0.2, 0.25) is 0 Å². The minimum Gasteiger partial charge on any atom is -0.484 e. The summed E-state index contributed by atoms with van der Waals surface area (Å²) in [6, 6.07) is 5.94. The number of para-hydroxylation sites is 2. The molecule has 102 valence electrons. The third kappa shape index (κ3) is 2.65. The van der Waals surface area contributed by atoms with Crippen LogP contribution in [0.5, 0.6) is 5.75 Å². The van der Waals surface area contributed by atoms with Crippen molar-refractivity contribution in [3.63, 3.8) is 0 Å². The molecule has 0 bridgehead atoms. The van der Waals surface area contributed by atoms with Crippen molar-refractivity contribution in [1.82, 2.24) is 0 Å². The number of nitro benzene ring substituents is 1. The van der Waals surface area contributed by atoms with Crippen molar-refractivity contribution in [3.05, 3.63) is 34.4 Å². The van der Waals surface area contributed by atoms with E-state index in [1.807, 2.05) is 0 Å². The number of benzene rings is 1. The van der Waals surface area contributed by atoms with E-state index in [2.05, 4.69) is 0 Å². The maximum absolute atomic E-state index is 11.4. The third-order valence-corrected chi connectivity index (χ3v) is 3.29. The summed E-state index contributed by atoms with van der Waals surface area (Å²) < 4.78 is 5.36. The lowest BCUT2D eigenvalue weighted by atomic mass is 9.95. The second-order valence-electron chi connectivity index (χ2n) is 4.69. The second-order valence-corrected chi connectivity index (χ2v) is 4.69. The number of carbonyl (C=O) groups excluding carboxylic acids is 1. The quantitative estimate of drug-likeness (QED) is 0.575. The molecule has 0 aliphatic heterocycles. The molecule has 1 fully saturated rings. The zero-order valence-electron chi connectivity index (χ0n) is 10.2. The van der Waals surface area contributed by atoms with E-state index in [0.29, 0.717) is 0 Å². The van der Waals surface area contributed by atoms with E-state index in [4.69, 9.17) is 16.2 Å². The molecule has 7 nitrogen and oxygen atoms in total. The van der Waals surface area contributed by atoms with Crippen molar-refractivity contribution >= 4 is 11.6 Å². The molecule has 0 heterocycles. The van der Waals surface area contributed by atoms with Crippen molar-refractivity contribution < 1.29 is 14.5 Å². The molecule has 1 aromatic carbocycles. The minimum absolute atomic E-state index is 0.00670. The molecule has 1 atom stereocenters. The topological polar surface area (TPSA) is 121 Å². The first kappa shape index (κ1) is 13.3. The van der Waals surface area contributed by atoms with Gasteiger partial charge in [-0.2, -0.15) is 0 Å². The first-order valence-corrected chi connectivity index (χ1v) is 5.90. The number of nitro groups is 1. The summed E-state index contributed by atoms with van der Waals surface area (Å²) >= 11 is 0. The normalized spacial score (nSPS) is 17.5. The van der Waals surface area contributed by atoms with Gasteiger partial charge in [-0.05, 0) is 24.8 Å². The predicted octanol–water partition coefficient (Wildman–Crippen LogP) is 0.566. The van der Waals surface area contributed by atoms with E-state index >= 15 is 0 Å². The molecule has 19 heavy (non-hydrogen) atoms. The Morgan fingerprint density at radius 3 is 2.63 bits per heavy atom. The van der Waals surface area contributed by atoms with Crippen LogP contribution >= 0.6 is 0 Å². The lowest BCUT2D eigenvalue weighted by Gasteiger charge is -2.25. The fraction of sp³-hybridized carbons (Fsp3) is 0.417. The average molecular weight is 265 g/mol. The van der Waals surface area contributed by atoms with Gasteiger partial charge in [-0.3, -0.25) is 14.9 Å². The van der Waals surface area contributed by atoms with Gasteiger partial charge in [0.1, 0.15) is 12.1 Å². The van der Waals surface area contributed by atoms with Gasteiger partial charge >= 0.3 is 5.69 Å². The smallest absolute Gasteiger partial charge is 0.310 e. The molecule has 1 amide bonds. The highest BCUT2D eigenvalue weighted by Gasteiger charge is 2.47. The van der Waals surface area contributed by atoms with E-state index in [0.717, 1.165) is 12.8 Å². The average Bonchev–Trinajstić information content (AvgIpc) is 3.20. The van der Waals surface area contributed by atoms with Crippen molar-refractivity contribution in [1.29, 1.82) is 0 Å². The van der Waals surface area contributed by atoms with Crippen LogP contribution in [0.15, 0.2) is 24.3 Å². The van der Waals surface area contributed by atoms with Crippen LogP contribution in [-0.2, 0) is 4.79 Å². The standard InChI is InChI=1S/C12H15N3O4/c13-11(16)12(14,8-5-6-8)7-19-10-4-2-1-3-9(10)15(17)18/h1-4,8H,5-7,14H2,(H2,13,16). The number of hydrogen-bond acceptors (Lipinski definition) is 5. The van der Waals surface area contributed by atoms with E-state index in [9.17, 15) is 14.9 Å². The summed E-state index contributed by atoms with van der Waals surface area (Å²) in [4.78, 5) is 21.7. The van der Waals surface area contributed by atoms with Crippen LogP contribution in [0.4, 0.5) is 5.69 Å². The zero-order valence-corrected chi connectivity index (χ0v) is 10.2. The third-order valence-electron chi connectivity index (χ3n) is 3.29. The Bertz CT molecular complexity index is 515. The number of primary amides is 1. The molecule has 0 aromatic heterocycles. The molecular formula is C12H15N3O4. The fourth-order valence-electron chi connectivity index (χ4n) is 1.92. The maximum Gasteiger partial charge on any atom is 0.310 e. The van der Waals surface area contributed by atoms with E-state index < -0.39 is 16.4 Å². The molecule has 0 radical (unpaired) electrons. The van der Waals surface area contributed by atoms with Gasteiger partial charge in [-0.25, -0.2) is 0 Å². The fourth-order valence-corrected chi connectivity index (χ4v) is 1.92. The van der Waals surface area contributed by atoms with E-state index in [-0.39, 0.29) is 24.0 Å². The Kier molecular flexibility index (Phi) is 3.39. The summed E-state index contributed by atoms with van der Waals surface area (Å²) in [7, 11) is 0. The van der Waals surface area contributed by atoms with E-state index in [1.54, 1.807) is 6.07 Å². The summed E-state index contributed by atoms with van der Waals surface area (Å²) in [5.41, 5.74) is 9.82. The minimum atomic E-state index is -1.26. The highest BCUT2D eigenvalue weighted by Crippen LogP contribution is 2.39. The van der Waals surface area contributed by atoms with Crippen molar-refractivity contribution in [2.45, 2.75) is 18.4 Å². The maximum atomic E-state index is 11.4. The lowest BCUT2D eigenvalue weighted by Crippen LogP contribution is -2.58. The van der Waals surface area contributed by atoms with Crippen LogP contribution in [0.1, 0.15) is 12.8 Å². The van der Waals surface area contributed by atoms with Crippen LogP contribution in [0, 0.1) is 16.0 Å². The molecule has 0 saturated heterocycles. The summed E-state index contributed by atoms with van der Waals surface area (Å²) in [6.07, 6.45) is 1.64. The van der Waals surface area contributed by atoms with Gasteiger partial charge in [0.25, 0.3) is 0 Å². The molecular weight excluding hydrogens is 250 g/mol.